The van der Waals surface area contributed by atoms with E-state index < -0.39 is 0 Å². The zero-order valence-electron chi connectivity index (χ0n) is 13.3. The molecule has 4 nitrogen and oxygen atoms in total. The third-order valence-electron chi connectivity index (χ3n) is 4.64. The first kappa shape index (κ1) is 15.4. The number of halogens is 1. The second kappa shape index (κ2) is 6.38. The van der Waals surface area contributed by atoms with Crippen LogP contribution >= 0.6 is 11.6 Å². The number of anilines is 1. The lowest BCUT2D eigenvalue weighted by Gasteiger charge is -2.36. The van der Waals surface area contributed by atoms with Gasteiger partial charge in [0.1, 0.15) is 0 Å². The van der Waals surface area contributed by atoms with Crippen molar-refractivity contribution in [3.8, 4) is 5.75 Å². The van der Waals surface area contributed by atoms with Crippen LogP contribution in [-0.4, -0.2) is 36.2 Å². The van der Waals surface area contributed by atoms with E-state index in [2.05, 4.69) is 21.9 Å². The second-order valence-corrected chi connectivity index (χ2v) is 6.59. The minimum Gasteiger partial charge on any atom is -0.504 e. The molecule has 0 amide bonds. The lowest BCUT2D eigenvalue weighted by Crippen LogP contribution is -2.45. The lowest BCUT2D eigenvalue weighted by molar-refractivity contribution is 0.247. The summed E-state index contributed by atoms with van der Waals surface area (Å²) in [5, 5.41) is 12.1. The summed E-state index contributed by atoms with van der Waals surface area (Å²) in [5.74, 6) is 0.262. The van der Waals surface area contributed by atoms with Crippen molar-refractivity contribution in [1.29, 1.82) is 0 Å². The largest absolute Gasteiger partial charge is 0.504 e. The lowest BCUT2D eigenvalue weighted by atomic mass is 10.1. The average Bonchev–Trinajstić information content (AvgIpc) is 3.08. The Balaban J connectivity index is 1.42. The van der Waals surface area contributed by atoms with Crippen molar-refractivity contribution in [1.82, 2.24) is 4.90 Å². The van der Waals surface area contributed by atoms with Crippen LogP contribution in [0.4, 0.5) is 5.69 Å². The number of phenolic OH excluding ortho intramolecular Hbond substituents is 1. The van der Waals surface area contributed by atoms with Gasteiger partial charge in [-0.25, -0.2) is 0 Å². The number of hydrogen-bond donors (Lipinski definition) is 1. The Labute approximate surface area is 145 Å². The summed E-state index contributed by atoms with van der Waals surface area (Å²) in [6.45, 7) is 4.57. The number of nitrogens with zero attached hydrogens (tertiary/aromatic N) is 2. The maximum atomic E-state index is 10.4. The second-order valence-electron chi connectivity index (χ2n) is 6.15. The molecule has 0 bridgehead atoms. The van der Waals surface area contributed by atoms with Gasteiger partial charge in [0.25, 0.3) is 0 Å². The van der Waals surface area contributed by atoms with Gasteiger partial charge in [0.05, 0.1) is 6.26 Å². The van der Waals surface area contributed by atoms with Crippen molar-refractivity contribution in [2.45, 2.75) is 6.54 Å². The van der Waals surface area contributed by atoms with E-state index in [9.17, 15) is 5.11 Å². The summed E-state index contributed by atoms with van der Waals surface area (Å²) < 4.78 is 5.38. The summed E-state index contributed by atoms with van der Waals surface area (Å²) >= 11 is 5.95. The van der Waals surface area contributed by atoms with Gasteiger partial charge in [-0.3, -0.25) is 4.90 Å². The van der Waals surface area contributed by atoms with Crippen LogP contribution in [0.25, 0.3) is 11.0 Å². The van der Waals surface area contributed by atoms with Crippen LogP contribution in [0, 0.1) is 0 Å². The topological polar surface area (TPSA) is 39.9 Å². The van der Waals surface area contributed by atoms with E-state index in [-0.39, 0.29) is 5.75 Å². The molecule has 2 aromatic carbocycles. The third-order valence-corrected chi connectivity index (χ3v) is 4.89. The number of rotatable bonds is 3. The molecule has 4 rings (SSSR count). The molecule has 0 aliphatic carbocycles. The molecule has 1 saturated heterocycles. The normalized spacial score (nSPS) is 16.0. The standard InChI is InChI=1S/C19H19ClN2O2/c20-16-3-5-17(6-4-16)22-10-8-21(9-11-22)13-15-2-1-14-7-12-24-19(14)18(15)23/h1-7,12,23H,8-11,13H2. The molecule has 124 valence electrons. The summed E-state index contributed by atoms with van der Waals surface area (Å²) in [6, 6.07) is 13.8. The van der Waals surface area contributed by atoms with Crippen molar-refractivity contribution >= 4 is 28.3 Å². The number of phenols is 1. The molecule has 0 spiro atoms. The van der Waals surface area contributed by atoms with E-state index in [1.807, 2.05) is 30.3 Å². The van der Waals surface area contributed by atoms with E-state index in [1.54, 1.807) is 6.26 Å². The van der Waals surface area contributed by atoms with Gasteiger partial charge >= 0.3 is 0 Å². The number of aromatic hydroxyl groups is 1. The molecular formula is C19H19ClN2O2. The minimum atomic E-state index is 0.262. The Hall–Kier alpha value is -2.17. The van der Waals surface area contributed by atoms with Crippen molar-refractivity contribution in [3.63, 3.8) is 0 Å². The fourth-order valence-electron chi connectivity index (χ4n) is 3.24. The molecule has 0 saturated carbocycles. The number of fused-ring (bicyclic) bond motifs is 1. The number of furan rings is 1. The first-order valence-corrected chi connectivity index (χ1v) is 8.49. The smallest absolute Gasteiger partial charge is 0.175 e. The van der Waals surface area contributed by atoms with Crippen LogP contribution in [0.3, 0.4) is 0 Å². The Morgan fingerprint density at radius 3 is 2.46 bits per heavy atom. The number of benzene rings is 2. The van der Waals surface area contributed by atoms with Gasteiger partial charge in [-0.15, -0.1) is 0 Å². The maximum Gasteiger partial charge on any atom is 0.175 e. The van der Waals surface area contributed by atoms with E-state index >= 15 is 0 Å². The minimum absolute atomic E-state index is 0.262. The molecule has 3 aromatic rings. The van der Waals surface area contributed by atoms with Crippen molar-refractivity contribution in [2.75, 3.05) is 31.1 Å². The SMILES string of the molecule is Oc1c(CN2CCN(c3ccc(Cl)cc3)CC2)ccc2ccoc12. The van der Waals surface area contributed by atoms with Crippen molar-refractivity contribution in [3.05, 3.63) is 59.3 Å². The highest BCUT2D eigenvalue weighted by Crippen LogP contribution is 2.30. The highest BCUT2D eigenvalue weighted by Gasteiger charge is 2.19. The molecule has 1 aliphatic heterocycles. The van der Waals surface area contributed by atoms with Gasteiger partial charge in [-0.1, -0.05) is 23.7 Å². The van der Waals surface area contributed by atoms with Crippen LogP contribution in [0.5, 0.6) is 5.75 Å². The van der Waals surface area contributed by atoms with E-state index in [0.717, 1.165) is 48.7 Å². The summed E-state index contributed by atoms with van der Waals surface area (Å²) in [7, 11) is 0. The summed E-state index contributed by atoms with van der Waals surface area (Å²) in [5.41, 5.74) is 2.70. The highest BCUT2D eigenvalue weighted by molar-refractivity contribution is 6.30. The average molecular weight is 343 g/mol. The molecular weight excluding hydrogens is 324 g/mol. The van der Waals surface area contributed by atoms with Crippen molar-refractivity contribution in [2.24, 2.45) is 0 Å². The predicted molar refractivity (Wildman–Crippen MR) is 96.8 cm³/mol. The molecule has 1 fully saturated rings. The molecule has 0 radical (unpaired) electrons. The molecule has 1 aliphatic rings. The Bertz CT molecular complexity index is 836. The predicted octanol–water partition coefficient (Wildman–Crippen LogP) is 4.11. The van der Waals surface area contributed by atoms with Crippen LogP contribution in [0.15, 0.2) is 53.1 Å². The molecule has 0 unspecified atom stereocenters. The fourth-order valence-corrected chi connectivity index (χ4v) is 3.37. The van der Waals surface area contributed by atoms with Gasteiger partial charge in [-0.05, 0) is 30.3 Å². The molecule has 2 heterocycles. The Morgan fingerprint density at radius 2 is 1.71 bits per heavy atom. The van der Waals surface area contributed by atoms with Gasteiger partial charge in [0, 0.05) is 54.4 Å². The van der Waals surface area contributed by atoms with Crippen LogP contribution < -0.4 is 4.90 Å². The molecule has 1 N–H and O–H groups in total. The molecule has 24 heavy (non-hydrogen) atoms. The molecule has 5 heteroatoms. The van der Waals surface area contributed by atoms with E-state index in [0.29, 0.717) is 5.58 Å². The molecule has 0 atom stereocenters. The van der Waals surface area contributed by atoms with E-state index in [1.165, 1.54) is 5.69 Å². The number of piperazine rings is 1. The first-order chi connectivity index (χ1) is 11.7. The zero-order chi connectivity index (χ0) is 16.5. The summed E-state index contributed by atoms with van der Waals surface area (Å²) in [6.07, 6.45) is 1.61. The van der Waals surface area contributed by atoms with Crippen LogP contribution in [0.1, 0.15) is 5.56 Å². The monoisotopic (exact) mass is 342 g/mol. The zero-order valence-corrected chi connectivity index (χ0v) is 14.0. The fraction of sp³-hybridized carbons (Fsp3) is 0.263. The van der Waals surface area contributed by atoms with E-state index in [4.69, 9.17) is 16.0 Å². The van der Waals surface area contributed by atoms with Gasteiger partial charge in [0.15, 0.2) is 11.3 Å². The Kier molecular flexibility index (Phi) is 4.08. The number of hydrogen-bond acceptors (Lipinski definition) is 4. The maximum absolute atomic E-state index is 10.4. The van der Waals surface area contributed by atoms with Crippen LogP contribution in [0.2, 0.25) is 5.02 Å². The Morgan fingerprint density at radius 1 is 0.958 bits per heavy atom. The first-order valence-electron chi connectivity index (χ1n) is 8.11. The van der Waals surface area contributed by atoms with Gasteiger partial charge < -0.3 is 14.4 Å². The van der Waals surface area contributed by atoms with Crippen LogP contribution in [-0.2, 0) is 6.54 Å². The van der Waals surface area contributed by atoms with Gasteiger partial charge in [0.2, 0.25) is 0 Å². The van der Waals surface area contributed by atoms with Gasteiger partial charge in [-0.2, -0.15) is 0 Å². The molecule has 1 aromatic heterocycles. The highest BCUT2D eigenvalue weighted by atomic mass is 35.5. The quantitative estimate of drug-likeness (QED) is 0.777. The third kappa shape index (κ3) is 2.95. The van der Waals surface area contributed by atoms with Crippen molar-refractivity contribution < 1.29 is 9.52 Å². The summed E-state index contributed by atoms with van der Waals surface area (Å²) in [4.78, 5) is 4.72.